The van der Waals surface area contributed by atoms with Crippen molar-refractivity contribution < 1.29 is 5.11 Å². The van der Waals surface area contributed by atoms with Crippen LogP contribution in [0.25, 0.3) is 0 Å². The Hall–Kier alpha value is -0.250. The lowest BCUT2D eigenvalue weighted by molar-refractivity contribution is 0.442. The Balaban J connectivity index is 3.02. The maximum atomic E-state index is 9.82. The van der Waals surface area contributed by atoms with Gasteiger partial charge in [-0.15, -0.1) is 0 Å². The molecule has 2 nitrogen and oxygen atoms in total. The van der Waals surface area contributed by atoms with Crippen LogP contribution in [0.15, 0.2) is 16.6 Å². The molecule has 3 N–H and O–H groups in total. The molecule has 0 radical (unpaired) electrons. The maximum Gasteiger partial charge on any atom is 0.134 e. The summed E-state index contributed by atoms with van der Waals surface area (Å²) >= 11 is 9.15. The van der Waals surface area contributed by atoms with Gasteiger partial charge in [0.2, 0.25) is 0 Å². The standard InChI is InChI=1S/C11H15BrClNO/c1-6(2)3-10(14)8-4-7(13)5-9(12)11(8)15/h4-6,10,15H,3,14H2,1-2H3/t10-/m0/s1. The van der Waals surface area contributed by atoms with E-state index < -0.39 is 0 Å². The maximum absolute atomic E-state index is 9.82. The average molecular weight is 293 g/mol. The number of benzene rings is 1. The van der Waals surface area contributed by atoms with Crippen LogP contribution in [0.3, 0.4) is 0 Å². The van der Waals surface area contributed by atoms with E-state index in [2.05, 4.69) is 29.8 Å². The lowest BCUT2D eigenvalue weighted by atomic mass is 9.97. The molecule has 15 heavy (non-hydrogen) atoms. The van der Waals surface area contributed by atoms with Gasteiger partial charge in [-0.3, -0.25) is 0 Å². The summed E-state index contributed by atoms with van der Waals surface area (Å²) in [5.74, 6) is 0.671. The number of hydrogen-bond acceptors (Lipinski definition) is 2. The molecule has 0 spiro atoms. The zero-order valence-corrected chi connectivity index (χ0v) is 11.1. The van der Waals surface area contributed by atoms with Gasteiger partial charge in [0.05, 0.1) is 4.47 Å². The van der Waals surface area contributed by atoms with Crippen LogP contribution in [-0.4, -0.2) is 5.11 Å². The Morgan fingerprint density at radius 2 is 2.07 bits per heavy atom. The molecule has 0 fully saturated rings. The molecule has 0 aromatic heterocycles. The number of nitrogens with two attached hydrogens (primary N) is 1. The molecule has 0 aliphatic heterocycles. The highest BCUT2D eigenvalue weighted by Gasteiger charge is 2.15. The number of phenols is 1. The van der Waals surface area contributed by atoms with E-state index in [1.807, 2.05) is 0 Å². The van der Waals surface area contributed by atoms with Gasteiger partial charge in [-0.05, 0) is 40.4 Å². The van der Waals surface area contributed by atoms with Crippen LogP contribution in [0.2, 0.25) is 5.02 Å². The third-order valence-corrected chi connectivity index (χ3v) is 3.01. The van der Waals surface area contributed by atoms with Crippen molar-refractivity contribution >= 4 is 27.5 Å². The second-order valence-corrected chi connectivity index (χ2v) is 5.35. The summed E-state index contributed by atoms with van der Waals surface area (Å²) in [5.41, 5.74) is 6.69. The van der Waals surface area contributed by atoms with Gasteiger partial charge >= 0.3 is 0 Å². The number of hydrogen-bond donors (Lipinski definition) is 2. The molecule has 0 unspecified atom stereocenters. The number of aromatic hydroxyl groups is 1. The summed E-state index contributed by atoms with van der Waals surface area (Å²) in [6.45, 7) is 4.19. The molecular formula is C11H15BrClNO. The van der Waals surface area contributed by atoms with Gasteiger partial charge in [0.25, 0.3) is 0 Å². The second kappa shape index (κ2) is 5.19. The lowest BCUT2D eigenvalue weighted by Gasteiger charge is -2.16. The fraction of sp³-hybridized carbons (Fsp3) is 0.455. The van der Waals surface area contributed by atoms with Gasteiger partial charge in [-0.25, -0.2) is 0 Å². The molecular weight excluding hydrogens is 277 g/mol. The molecule has 0 aliphatic carbocycles. The average Bonchev–Trinajstić information content (AvgIpc) is 2.09. The fourth-order valence-corrected chi connectivity index (χ4v) is 2.34. The first kappa shape index (κ1) is 12.8. The molecule has 0 amide bonds. The Labute approximate surface area is 104 Å². The molecule has 1 aromatic rings. The van der Waals surface area contributed by atoms with E-state index in [1.165, 1.54) is 0 Å². The monoisotopic (exact) mass is 291 g/mol. The van der Waals surface area contributed by atoms with Gasteiger partial charge in [-0.1, -0.05) is 25.4 Å². The summed E-state index contributed by atoms with van der Waals surface area (Å²) in [4.78, 5) is 0. The molecule has 0 saturated heterocycles. The Bertz CT molecular complexity index is 355. The summed E-state index contributed by atoms with van der Waals surface area (Å²) in [7, 11) is 0. The predicted molar refractivity (Wildman–Crippen MR) is 67.2 cm³/mol. The van der Waals surface area contributed by atoms with Crippen molar-refractivity contribution in [1.82, 2.24) is 0 Å². The van der Waals surface area contributed by atoms with Crippen LogP contribution in [0.1, 0.15) is 31.9 Å². The zero-order valence-electron chi connectivity index (χ0n) is 8.80. The molecule has 0 bridgehead atoms. The van der Waals surface area contributed by atoms with Crippen LogP contribution in [0, 0.1) is 5.92 Å². The van der Waals surface area contributed by atoms with Gasteiger partial charge in [-0.2, -0.15) is 0 Å². The highest BCUT2D eigenvalue weighted by molar-refractivity contribution is 9.10. The second-order valence-electron chi connectivity index (χ2n) is 4.06. The molecule has 0 heterocycles. The van der Waals surface area contributed by atoms with E-state index >= 15 is 0 Å². The van der Waals surface area contributed by atoms with Crippen molar-refractivity contribution in [2.75, 3.05) is 0 Å². The molecule has 0 saturated carbocycles. The fourth-order valence-electron chi connectivity index (χ4n) is 1.50. The Kier molecular flexibility index (Phi) is 4.44. The third kappa shape index (κ3) is 3.37. The van der Waals surface area contributed by atoms with E-state index in [1.54, 1.807) is 12.1 Å². The van der Waals surface area contributed by atoms with E-state index in [0.717, 1.165) is 6.42 Å². The van der Waals surface area contributed by atoms with E-state index in [-0.39, 0.29) is 11.8 Å². The minimum Gasteiger partial charge on any atom is -0.506 e. The quantitative estimate of drug-likeness (QED) is 0.889. The normalized spacial score (nSPS) is 13.2. The topological polar surface area (TPSA) is 46.2 Å². The van der Waals surface area contributed by atoms with Crippen LogP contribution < -0.4 is 5.73 Å². The third-order valence-electron chi connectivity index (χ3n) is 2.18. The molecule has 1 atom stereocenters. The van der Waals surface area contributed by atoms with E-state index in [0.29, 0.717) is 21.0 Å². The van der Waals surface area contributed by atoms with Crippen LogP contribution in [-0.2, 0) is 0 Å². The SMILES string of the molecule is CC(C)C[C@H](N)c1cc(Cl)cc(Br)c1O. The van der Waals surface area contributed by atoms with Gasteiger partial charge < -0.3 is 10.8 Å². The van der Waals surface area contributed by atoms with Crippen molar-refractivity contribution in [1.29, 1.82) is 0 Å². The lowest BCUT2D eigenvalue weighted by Crippen LogP contribution is -2.13. The summed E-state index contributed by atoms with van der Waals surface area (Å²) < 4.78 is 0.587. The Morgan fingerprint density at radius 1 is 1.47 bits per heavy atom. The molecule has 84 valence electrons. The van der Waals surface area contributed by atoms with Gasteiger partial charge in [0.15, 0.2) is 0 Å². The highest BCUT2D eigenvalue weighted by atomic mass is 79.9. The van der Waals surface area contributed by atoms with E-state index in [9.17, 15) is 5.11 Å². The van der Waals surface area contributed by atoms with Crippen molar-refractivity contribution in [3.8, 4) is 5.75 Å². The van der Waals surface area contributed by atoms with Crippen LogP contribution in [0.4, 0.5) is 0 Å². The number of rotatable bonds is 3. The van der Waals surface area contributed by atoms with E-state index in [4.69, 9.17) is 17.3 Å². The number of phenolic OH excluding ortho intramolecular Hbond substituents is 1. The van der Waals surface area contributed by atoms with Gasteiger partial charge in [0.1, 0.15) is 5.75 Å². The van der Waals surface area contributed by atoms with Gasteiger partial charge in [0, 0.05) is 16.6 Å². The zero-order chi connectivity index (χ0) is 11.6. The van der Waals surface area contributed by atoms with Crippen molar-refractivity contribution in [2.45, 2.75) is 26.3 Å². The minimum atomic E-state index is -0.181. The molecule has 1 rings (SSSR count). The van der Waals surface area contributed by atoms with Crippen molar-refractivity contribution in [2.24, 2.45) is 11.7 Å². The predicted octanol–water partition coefficient (Wildman–Crippen LogP) is 3.85. The van der Waals surface area contributed by atoms with Crippen molar-refractivity contribution in [3.63, 3.8) is 0 Å². The molecule has 4 heteroatoms. The Morgan fingerprint density at radius 3 is 2.60 bits per heavy atom. The summed E-state index contributed by atoms with van der Waals surface area (Å²) in [6, 6.07) is 3.19. The first-order valence-corrected chi connectivity index (χ1v) is 6.02. The summed E-state index contributed by atoms with van der Waals surface area (Å²) in [5, 5.41) is 10.4. The highest BCUT2D eigenvalue weighted by Crippen LogP contribution is 2.36. The molecule has 0 aliphatic rings. The smallest absolute Gasteiger partial charge is 0.134 e. The van der Waals surface area contributed by atoms with Crippen molar-refractivity contribution in [3.05, 3.63) is 27.2 Å². The van der Waals surface area contributed by atoms with Crippen LogP contribution in [0.5, 0.6) is 5.75 Å². The number of halogens is 2. The summed E-state index contributed by atoms with van der Waals surface area (Å²) in [6.07, 6.45) is 0.820. The molecule has 1 aromatic carbocycles. The first-order valence-electron chi connectivity index (χ1n) is 4.85. The first-order chi connectivity index (χ1) is 6.91. The van der Waals surface area contributed by atoms with Crippen LogP contribution >= 0.6 is 27.5 Å². The minimum absolute atomic E-state index is 0.181. The largest absolute Gasteiger partial charge is 0.506 e.